The summed E-state index contributed by atoms with van der Waals surface area (Å²) in [6, 6.07) is 0.878. The first-order valence-corrected chi connectivity index (χ1v) is 4.74. The minimum absolute atomic E-state index is 0.537. The number of benzene rings is 1. The van der Waals surface area contributed by atoms with E-state index in [9.17, 15) is 32.5 Å². The predicted molar refractivity (Wildman–Crippen MR) is 56.1 cm³/mol. The lowest BCUT2D eigenvalue weighted by Gasteiger charge is -2.10. The quantitative estimate of drug-likeness (QED) is 0.507. The van der Waals surface area contributed by atoms with E-state index in [2.05, 4.69) is 0 Å². The van der Waals surface area contributed by atoms with Crippen LogP contribution >= 0.6 is 0 Å². The van der Waals surface area contributed by atoms with Crippen LogP contribution in [0.3, 0.4) is 0 Å². The molecule has 0 aromatic heterocycles. The van der Waals surface area contributed by atoms with E-state index < -0.39 is 40.9 Å². The van der Waals surface area contributed by atoms with Gasteiger partial charge in [-0.05, 0) is 6.07 Å². The van der Waals surface area contributed by atoms with E-state index in [1.54, 1.807) is 5.32 Å². The molecule has 2 amide bonds. The van der Waals surface area contributed by atoms with Gasteiger partial charge in [0.05, 0.1) is 4.92 Å². The molecule has 2 N–H and O–H groups in total. The van der Waals surface area contributed by atoms with Crippen molar-refractivity contribution in [1.82, 2.24) is 5.32 Å². The van der Waals surface area contributed by atoms with Crippen molar-refractivity contribution in [1.29, 1.82) is 0 Å². The molecule has 0 heterocycles. The molecule has 1 aromatic carbocycles. The van der Waals surface area contributed by atoms with E-state index in [1.807, 2.05) is 0 Å². The van der Waals surface area contributed by atoms with Crippen LogP contribution in [0.5, 0.6) is 0 Å². The third kappa shape index (κ3) is 4.77. The molecular formula is C9H7F4N3O3. The Morgan fingerprint density at radius 1 is 1.37 bits per heavy atom. The van der Waals surface area contributed by atoms with Crippen molar-refractivity contribution < 1.29 is 27.3 Å². The summed E-state index contributed by atoms with van der Waals surface area (Å²) in [5.41, 5.74) is -1.17. The molecule has 0 aliphatic carbocycles. The van der Waals surface area contributed by atoms with Gasteiger partial charge in [0.2, 0.25) is 0 Å². The van der Waals surface area contributed by atoms with E-state index in [1.165, 1.54) is 5.32 Å². The minimum atomic E-state index is -4.62. The van der Waals surface area contributed by atoms with Crippen LogP contribution in [0, 0.1) is 15.9 Å². The van der Waals surface area contributed by atoms with Crippen molar-refractivity contribution in [2.24, 2.45) is 0 Å². The highest BCUT2D eigenvalue weighted by Gasteiger charge is 2.28. The Balaban J connectivity index is 2.78. The number of nitro groups is 1. The highest BCUT2D eigenvalue weighted by molar-refractivity contribution is 5.91. The Labute approximate surface area is 103 Å². The number of halogens is 4. The number of rotatable bonds is 3. The van der Waals surface area contributed by atoms with Crippen molar-refractivity contribution in [3.8, 4) is 0 Å². The smallest absolute Gasteiger partial charge is 0.329 e. The van der Waals surface area contributed by atoms with Gasteiger partial charge in [-0.1, -0.05) is 0 Å². The Morgan fingerprint density at radius 3 is 2.53 bits per heavy atom. The van der Waals surface area contributed by atoms with E-state index in [4.69, 9.17) is 0 Å². The number of carbonyl (C=O) groups excluding carboxylic acids is 1. The van der Waals surface area contributed by atoms with Crippen molar-refractivity contribution in [2.45, 2.75) is 6.18 Å². The minimum Gasteiger partial charge on any atom is -0.329 e. The highest BCUT2D eigenvalue weighted by atomic mass is 19.4. The lowest BCUT2D eigenvalue weighted by Crippen LogP contribution is -2.36. The number of carbonyl (C=O) groups is 1. The van der Waals surface area contributed by atoms with Crippen LogP contribution in [0.1, 0.15) is 0 Å². The molecule has 0 spiro atoms. The van der Waals surface area contributed by atoms with Crippen LogP contribution in [0.25, 0.3) is 0 Å². The van der Waals surface area contributed by atoms with Gasteiger partial charge in [0.15, 0.2) is 0 Å². The second kappa shape index (κ2) is 5.50. The van der Waals surface area contributed by atoms with Crippen molar-refractivity contribution in [3.05, 3.63) is 34.1 Å². The number of amides is 2. The maximum absolute atomic E-state index is 12.9. The second-order valence-corrected chi connectivity index (χ2v) is 3.34. The summed E-state index contributed by atoms with van der Waals surface area (Å²) in [7, 11) is 0. The molecule has 0 aliphatic rings. The van der Waals surface area contributed by atoms with Gasteiger partial charge < -0.3 is 10.6 Å². The molecule has 0 saturated heterocycles. The normalized spacial score (nSPS) is 10.9. The van der Waals surface area contributed by atoms with Gasteiger partial charge in [0.25, 0.3) is 5.69 Å². The molecule has 0 saturated carbocycles. The molecule has 0 atom stereocenters. The van der Waals surface area contributed by atoms with E-state index in [0.717, 1.165) is 12.1 Å². The van der Waals surface area contributed by atoms with Crippen molar-refractivity contribution in [2.75, 3.05) is 11.9 Å². The molecule has 10 heteroatoms. The summed E-state index contributed by atoms with van der Waals surface area (Å²) >= 11 is 0. The number of anilines is 1. The monoisotopic (exact) mass is 281 g/mol. The first-order chi connectivity index (χ1) is 8.69. The van der Waals surface area contributed by atoms with Crippen LogP contribution in [0.4, 0.5) is 33.7 Å². The molecule has 19 heavy (non-hydrogen) atoms. The highest BCUT2D eigenvalue weighted by Crippen LogP contribution is 2.24. The molecule has 0 aliphatic heterocycles. The number of hydrogen-bond donors (Lipinski definition) is 2. The lowest BCUT2D eigenvalue weighted by molar-refractivity contribution is -0.384. The molecular weight excluding hydrogens is 274 g/mol. The summed E-state index contributed by atoms with van der Waals surface area (Å²) in [6.07, 6.45) is -4.62. The van der Waals surface area contributed by atoms with Crippen LogP contribution in [0.2, 0.25) is 0 Å². The Hall–Kier alpha value is -2.39. The van der Waals surface area contributed by atoms with Crippen LogP contribution < -0.4 is 10.6 Å². The molecule has 104 valence electrons. The fraction of sp³-hybridized carbons (Fsp3) is 0.222. The summed E-state index contributed by atoms with van der Waals surface area (Å²) in [4.78, 5) is 20.7. The van der Waals surface area contributed by atoms with E-state index in [0.29, 0.717) is 6.07 Å². The molecule has 1 rings (SSSR count). The number of urea groups is 1. The Bertz CT molecular complexity index is 504. The van der Waals surface area contributed by atoms with E-state index in [-0.39, 0.29) is 0 Å². The summed E-state index contributed by atoms with van der Waals surface area (Å²) in [6.45, 7) is -1.61. The van der Waals surface area contributed by atoms with Crippen molar-refractivity contribution >= 4 is 17.4 Å². The fourth-order valence-electron chi connectivity index (χ4n) is 1.11. The Kier molecular flexibility index (Phi) is 4.25. The first kappa shape index (κ1) is 14.7. The van der Waals surface area contributed by atoms with Gasteiger partial charge in [-0.25, -0.2) is 9.18 Å². The van der Waals surface area contributed by atoms with E-state index >= 15 is 0 Å². The molecule has 1 aromatic rings. The SMILES string of the molecule is O=C(NCC(F)(F)F)Nc1cc(F)ccc1[N+](=O)[O-]. The van der Waals surface area contributed by atoms with Gasteiger partial charge >= 0.3 is 12.2 Å². The molecule has 0 radical (unpaired) electrons. The van der Waals surface area contributed by atoms with Gasteiger partial charge in [-0.3, -0.25) is 10.1 Å². The molecule has 0 fully saturated rings. The van der Waals surface area contributed by atoms with Crippen molar-refractivity contribution in [3.63, 3.8) is 0 Å². The number of alkyl halides is 3. The summed E-state index contributed by atoms with van der Waals surface area (Å²) in [5, 5.41) is 13.8. The topological polar surface area (TPSA) is 84.3 Å². The maximum atomic E-state index is 12.9. The third-order valence-corrected chi connectivity index (χ3v) is 1.85. The zero-order chi connectivity index (χ0) is 14.6. The maximum Gasteiger partial charge on any atom is 0.405 e. The zero-order valence-corrected chi connectivity index (χ0v) is 9.12. The third-order valence-electron chi connectivity index (χ3n) is 1.85. The van der Waals surface area contributed by atoms with Gasteiger partial charge in [0.1, 0.15) is 18.0 Å². The van der Waals surface area contributed by atoms with Gasteiger partial charge in [-0.15, -0.1) is 0 Å². The van der Waals surface area contributed by atoms with Crippen LogP contribution in [0.15, 0.2) is 18.2 Å². The zero-order valence-electron chi connectivity index (χ0n) is 9.12. The Morgan fingerprint density at radius 2 is 2.00 bits per heavy atom. The largest absolute Gasteiger partial charge is 0.405 e. The average Bonchev–Trinajstić information content (AvgIpc) is 2.25. The average molecular weight is 281 g/mol. The number of nitrogens with one attached hydrogen (secondary N) is 2. The van der Waals surface area contributed by atoms with Crippen LogP contribution in [-0.2, 0) is 0 Å². The standard InChI is InChI=1S/C9H7F4N3O3/c10-5-1-2-7(16(18)19)6(3-5)15-8(17)14-4-9(11,12)13/h1-3H,4H2,(H2,14,15,17). The summed E-state index contributed by atoms with van der Waals surface area (Å²) < 4.78 is 48.3. The first-order valence-electron chi connectivity index (χ1n) is 4.74. The number of nitro benzene ring substituents is 1. The predicted octanol–water partition coefficient (Wildman–Crippen LogP) is 2.42. The molecule has 6 nitrogen and oxygen atoms in total. The van der Waals surface area contributed by atoms with Crippen LogP contribution in [-0.4, -0.2) is 23.7 Å². The fourth-order valence-corrected chi connectivity index (χ4v) is 1.11. The summed E-state index contributed by atoms with van der Waals surface area (Å²) in [5.74, 6) is -0.878. The lowest BCUT2D eigenvalue weighted by atomic mass is 10.2. The van der Waals surface area contributed by atoms with Gasteiger partial charge in [0, 0.05) is 12.1 Å². The second-order valence-electron chi connectivity index (χ2n) is 3.34. The number of nitrogens with zero attached hydrogens (tertiary/aromatic N) is 1. The molecule has 0 unspecified atom stereocenters. The number of hydrogen-bond acceptors (Lipinski definition) is 3. The van der Waals surface area contributed by atoms with Gasteiger partial charge in [-0.2, -0.15) is 13.2 Å². The molecule has 0 bridgehead atoms.